The number of nitrogens with zero attached hydrogens (tertiary/aromatic N) is 3. The molecule has 1 aromatic rings. The highest BCUT2D eigenvalue weighted by Crippen LogP contribution is 2.21. The van der Waals surface area contributed by atoms with E-state index >= 15 is 0 Å². The van der Waals surface area contributed by atoms with Gasteiger partial charge >= 0.3 is 0 Å². The van der Waals surface area contributed by atoms with Crippen LogP contribution in [0.25, 0.3) is 0 Å². The molecule has 2 heterocycles. The van der Waals surface area contributed by atoms with Gasteiger partial charge in [0, 0.05) is 37.1 Å². The molecule has 0 aromatic carbocycles. The van der Waals surface area contributed by atoms with Crippen LogP contribution in [0.4, 0.5) is 5.13 Å². The minimum atomic E-state index is 0.165. The highest BCUT2D eigenvalue weighted by atomic mass is 32.1. The minimum absolute atomic E-state index is 0.165. The molecule has 2 rings (SSSR count). The highest BCUT2D eigenvalue weighted by molar-refractivity contribution is 7.09. The molecule has 1 aliphatic heterocycles. The molecule has 1 amide bonds. The molecule has 0 radical (unpaired) electrons. The zero-order valence-electron chi connectivity index (χ0n) is 11.0. The monoisotopic (exact) mass is 268 g/mol. The van der Waals surface area contributed by atoms with E-state index in [0.29, 0.717) is 6.42 Å². The van der Waals surface area contributed by atoms with Gasteiger partial charge in [0.1, 0.15) is 5.82 Å². The molecule has 1 N–H and O–H groups in total. The van der Waals surface area contributed by atoms with Gasteiger partial charge < -0.3 is 10.2 Å². The van der Waals surface area contributed by atoms with Crippen molar-refractivity contribution < 1.29 is 4.79 Å². The van der Waals surface area contributed by atoms with Gasteiger partial charge in [0.25, 0.3) is 0 Å². The molecule has 5 nitrogen and oxygen atoms in total. The van der Waals surface area contributed by atoms with E-state index in [4.69, 9.17) is 0 Å². The highest BCUT2D eigenvalue weighted by Gasteiger charge is 2.23. The van der Waals surface area contributed by atoms with Crippen LogP contribution in [0, 0.1) is 6.92 Å². The van der Waals surface area contributed by atoms with E-state index in [9.17, 15) is 4.79 Å². The van der Waals surface area contributed by atoms with Crippen LogP contribution in [-0.2, 0) is 4.79 Å². The van der Waals surface area contributed by atoms with Gasteiger partial charge in [0.15, 0.2) is 0 Å². The maximum absolute atomic E-state index is 11.6. The second-order valence-electron chi connectivity index (χ2n) is 4.73. The summed E-state index contributed by atoms with van der Waals surface area (Å²) in [7, 11) is 0. The number of hydrogen-bond donors (Lipinski definition) is 1. The van der Waals surface area contributed by atoms with Crippen molar-refractivity contribution >= 4 is 22.6 Å². The number of carbonyl (C=O) groups excluding carboxylic acids is 1. The van der Waals surface area contributed by atoms with Gasteiger partial charge in [-0.15, -0.1) is 0 Å². The summed E-state index contributed by atoms with van der Waals surface area (Å²) in [4.78, 5) is 18.2. The summed E-state index contributed by atoms with van der Waals surface area (Å²) in [6.07, 6.45) is 3.67. The lowest BCUT2D eigenvalue weighted by Crippen LogP contribution is -2.47. The number of aromatic nitrogens is 2. The Hall–Kier alpha value is -1.17. The first-order chi connectivity index (χ1) is 8.69. The van der Waals surface area contributed by atoms with Gasteiger partial charge in [0.05, 0.1) is 0 Å². The van der Waals surface area contributed by atoms with E-state index in [1.807, 2.05) is 13.8 Å². The summed E-state index contributed by atoms with van der Waals surface area (Å²) in [5.74, 6) is 0.991. The van der Waals surface area contributed by atoms with Crippen LogP contribution in [-0.4, -0.2) is 34.4 Å². The van der Waals surface area contributed by atoms with Crippen LogP contribution in [0.3, 0.4) is 0 Å². The lowest BCUT2D eigenvalue weighted by atomic mass is 10.1. The Morgan fingerprint density at radius 1 is 1.61 bits per heavy atom. The summed E-state index contributed by atoms with van der Waals surface area (Å²) in [5.41, 5.74) is 0. The standard InChI is InChI=1S/C12H20N4OS/c1-3-5-11(17)14-10-6-4-7-16(8-10)12-13-9(2)15-18-12/h10H,3-8H2,1-2H3,(H,14,17). The van der Waals surface area contributed by atoms with Gasteiger partial charge in [-0.25, -0.2) is 4.98 Å². The molecular formula is C12H20N4OS. The summed E-state index contributed by atoms with van der Waals surface area (Å²) in [6, 6.07) is 0.252. The first kappa shape index (κ1) is 13.3. The van der Waals surface area contributed by atoms with Crippen molar-refractivity contribution in [2.24, 2.45) is 0 Å². The molecule has 0 saturated carbocycles. The number of anilines is 1. The van der Waals surface area contributed by atoms with E-state index in [-0.39, 0.29) is 11.9 Å². The number of nitrogens with one attached hydrogen (secondary N) is 1. The van der Waals surface area contributed by atoms with Crippen LogP contribution in [0.2, 0.25) is 0 Å². The Balaban J connectivity index is 1.90. The van der Waals surface area contributed by atoms with E-state index in [1.165, 1.54) is 11.5 Å². The second kappa shape index (κ2) is 6.13. The number of piperidine rings is 1. The van der Waals surface area contributed by atoms with Crippen molar-refractivity contribution in [1.29, 1.82) is 0 Å². The maximum Gasteiger partial charge on any atom is 0.220 e. The molecule has 0 spiro atoms. The van der Waals surface area contributed by atoms with Crippen LogP contribution < -0.4 is 10.2 Å². The van der Waals surface area contributed by atoms with Crippen molar-refractivity contribution in [2.75, 3.05) is 18.0 Å². The zero-order chi connectivity index (χ0) is 13.0. The van der Waals surface area contributed by atoms with Crippen molar-refractivity contribution in [3.05, 3.63) is 5.82 Å². The topological polar surface area (TPSA) is 58.1 Å². The van der Waals surface area contributed by atoms with Crippen molar-refractivity contribution in [3.8, 4) is 0 Å². The Bertz CT molecular complexity index is 407. The largest absolute Gasteiger partial charge is 0.352 e. The number of carbonyl (C=O) groups is 1. The van der Waals surface area contributed by atoms with E-state index < -0.39 is 0 Å². The van der Waals surface area contributed by atoms with Gasteiger partial charge in [-0.2, -0.15) is 4.37 Å². The summed E-state index contributed by atoms with van der Waals surface area (Å²) < 4.78 is 4.21. The normalized spacial score (nSPS) is 19.9. The first-order valence-corrected chi connectivity index (χ1v) is 7.31. The SMILES string of the molecule is CCCC(=O)NC1CCCN(c2nc(C)ns2)C1. The second-order valence-corrected chi connectivity index (χ2v) is 5.46. The van der Waals surface area contributed by atoms with Crippen LogP contribution in [0.1, 0.15) is 38.4 Å². The molecule has 18 heavy (non-hydrogen) atoms. The van der Waals surface area contributed by atoms with Crippen LogP contribution in [0.5, 0.6) is 0 Å². The fraction of sp³-hybridized carbons (Fsp3) is 0.750. The lowest BCUT2D eigenvalue weighted by molar-refractivity contribution is -0.121. The smallest absolute Gasteiger partial charge is 0.220 e. The molecule has 1 atom stereocenters. The van der Waals surface area contributed by atoms with Crippen molar-refractivity contribution in [3.63, 3.8) is 0 Å². The fourth-order valence-electron chi connectivity index (χ4n) is 2.21. The molecule has 1 unspecified atom stereocenters. The molecule has 6 heteroatoms. The molecule has 0 bridgehead atoms. The Morgan fingerprint density at radius 2 is 2.44 bits per heavy atom. The quantitative estimate of drug-likeness (QED) is 0.903. The number of rotatable bonds is 4. The van der Waals surface area contributed by atoms with Crippen LogP contribution in [0.15, 0.2) is 0 Å². The summed E-state index contributed by atoms with van der Waals surface area (Å²) >= 11 is 1.44. The average molecular weight is 268 g/mol. The van der Waals surface area contributed by atoms with Gasteiger partial charge in [0.2, 0.25) is 11.0 Å². The molecule has 100 valence electrons. The predicted octanol–water partition coefficient (Wildman–Crippen LogP) is 1.73. The van der Waals surface area contributed by atoms with E-state index in [0.717, 1.165) is 43.3 Å². The first-order valence-electron chi connectivity index (χ1n) is 6.53. The van der Waals surface area contributed by atoms with E-state index in [1.54, 1.807) is 0 Å². The number of amides is 1. The van der Waals surface area contributed by atoms with Crippen molar-refractivity contribution in [2.45, 2.75) is 45.6 Å². The Labute approximate surface area is 112 Å². The average Bonchev–Trinajstić information content (AvgIpc) is 2.76. The van der Waals surface area contributed by atoms with E-state index in [2.05, 4.69) is 19.6 Å². The van der Waals surface area contributed by atoms with Crippen LogP contribution >= 0.6 is 11.5 Å². The number of aryl methyl sites for hydroxylation is 1. The van der Waals surface area contributed by atoms with Gasteiger partial charge in [-0.3, -0.25) is 4.79 Å². The third-order valence-corrected chi connectivity index (χ3v) is 3.92. The predicted molar refractivity (Wildman–Crippen MR) is 72.9 cm³/mol. The third kappa shape index (κ3) is 3.41. The molecule has 1 aromatic heterocycles. The molecule has 0 aliphatic carbocycles. The molecular weight excluding hydrogens is 248 g/mol. The molecule has 1 aliphatic rings. The Morgan fingerprint density at radius 3 is 3.11 bits per heavy atom. The van der Waals surface area contributed by atoms with Gasteiger partial charge in [-0.1, -0.05) is 6.92 Å². The third-order valence-electron chi connectivity index (χ3n) is 3.05. The summed E-state index contributed by atoms with van der Waals surface area (Å²) in [5, 5.41) is 4.08. The Kier molecular flexibility index (Phi) is 4.52. The van der Waals surface area contributed by atoms with Gasteiger partial charge in [-0.05, 0) is 26.2 Å². The fourth-order valence-corrected chi connectivity index (χ4v) is 2.92. The van der Waals surface area contributed by atoms with Crippen molar-refractivity contribution in [1.82, 2.24) is 14.7 Å². The lowest BCUT2D eigenvalue weighted by Gasteiger charge is -2.32. The minimum Gasteiger partial charge on any atom is -0.352 e. The maximum atomic E-state index is 11.6. The number of hydrogen-bond acceptors (Lipinski definition) is 5. The summed E-state index contributed by atoms with van der Waals surface area (Å²) in [6.45, 7) is 5.79. The zero-order valence-corrected chi connectivity index (χ0v) is 11.8. The molecule has 1 saturated heterocycles. The molecule has 1 fully saturated rings.